The Hall–Kier alpha value is -1.73. The molecule has 0 aliphatic heterocycles. The second-order valence-corrected chi connectivity index (χ2v) is 4.36. The molecule has 21 heavy (non-hydrogen) atoms. The zero-order valence-corrected chi connectivity index (χ0v) is 10.8. The van der Waals surface area contributed by atoms with E-state index >= 15 is 0 Å². The molecule has 1 unspecified atom stereocenters. The Balaban J connectivity index is 3.29. The average Bonchev–Trinajstić information content (AvgIpc) is 2.35. The Morgan fingerprint density at radius 1 is 1.05 bits per heavy atom. The van der Waals surface area contributed by atoms with Crippen LogP contribution in [0.4, 0.5) is 26.3 Å². The third-order valence-corrected chi connectivity index (χ3v) is 2.95. The van der Waals surface area contributed by atoms with Gasteiger partial charge in [-0.1, -0.05) is 30.3 Å². The van der Waals surface area contributed by atoms with Crippen LogP contribution in [0.3, 0.4) is 0 Å². The predicted molar refractivity (Wildman–Crippen MR) is 61.4 cm³/mol. The molecule has 0 saturated heterocycles. The molecule has 0 spiro atoms. The van der Waals surface area contributed by atoms with Gasteiger partial charge in [-0.2, -0.15) is 26.3 Å². The van der Waals surface area contributed by atoms with E-state index in [-0.39, 0.29) is 5.56 Å². The summed E-state index contributed by atoms with van der Waals surface area (Å²) in [7, 11) is 0.903. The number of carbonyl (C=O) groups excluding carboxylic acids is 1. The van der Waals surface area contributed by atoms with E-state index < -0.39 is 36.6 Å². The molecule has 0 heterocycles. The Kier molecular flexibility index (Phi) is 5.25. The van der Waals surface area contributed by atoms with Gasteiger partial charge in [-0.25, -0.2) is 0 Å². The number of carbonyl (C=O) groups is 1. The van der Waals surface area contributed by atoms with Crippen LogP contribution in [0.2, 0.25) is 0 Å². The van der Waals surface area contributed by atoms with Gasteiger partial charge in [-0.05, 0) is 5.56 Å². The van der Waals surface area contributed by atoms with Gasteiger partial charge in [-0.3, -0.25) is 4.79 Å². The molecule has 0 radical (unpaired) electrons. The van der Waals surface area contributed by atoms with Crippen molar-refractivity contribution in [3.05, 3.63) is 35.9 Å². The molecular formula is C13H12F6O2. The molecule has 2 nitrogen and oxygen atoms in total. The maximum Gasteiger partial charge on any atom is 0.401 e. The lowest BCUT2D eigenvalue weighted by atomic mass is 9.82. The van der Waals surface area contributed by atoms with E-state index in [0.717, 1.165) is 19.2 Å². The van der Waals surface area contributed by atoms with Gasteiger partial charge in [-0.15, -0.1) is 0 Å². The largest absolute Gasteiger partial charge is 0.469 e. The minimum Gasteiger partial charge on any atom is -0.469 e. The van der Waals surface area contributed by atoms with Crippen molar-refractivity contribution in [3.8, 4) is 0 Å². The van der Waals surface area contributed by atoms with E-state index in [9.17, 15) is 31.1 Å². The number of esters is 1. The van der Waals surface area contributed by atoms with Crippen LogP contribution in [0.25, 0.3) is 0 Å². The molecule has 118 valence electrons. The molecule has 0 aliphatic carbocycles. The Bertz CT molecular complexity index is 452. The van der Waals surface area contributed by atoms with Gasteiger partial charge >= 0.3 is 18.3 Å². The van der Waals surface area contributed by atoms with Gasteiger partial charge in [0.25, 0.3) is 0 Å². The molecule has 0 aliphatic rings. The molecule has 1 aromatic carbocycles. The molecule has 0 fully saturated rings. The minimum atomic E-state index is -5.52. The number of rotatable bonds is 4. The summed E-state index contributed by atoms with van der Waals surface area (Å²) >= 11 is 0. The summed E-state index contributed by atoms with van der Waals surface area (Å²) in [6.45, 7) is 0. The zero-order chi connectivity index (χ0) is 16.3. The van der Waals surface area contributed by atoms with Crippen molar-refractivity contribution in [2.45, 2.75) is 24.7 Å². The molecule has 0 bridgehead atoms. The molecule has 0 N–H and O–H groups in total. The van der Waals surface area contributed by atoms with Crippen LogP contribution in [0, 0.1) is 5.92 Å². The number of hydrogen-bond donors (Lipinski definition) is 0. The number of benzene rings is 1. The minimum absolute atomic E-state index is 0.220. The van der Waals surface area contributed by atoms with Gasteiger partial charge in [0.05, 0.1) is 13.5 Å². The zero-order valence-electron chi connectivity index (χ0n) is 10.8. The first-order chi connectivity index (χ1) is 9.57. The number of ether oxygens (including phenoxy) is 1. The topological polar surface area (TPSA) is 26.3 Å². The summed E-state index contributed by atoms with van der Waals surface area (Å²) in [6, 6.07) is 6.32. The van der Waals surface area contributed by atoms with Gasteiger partial charge in [0.1, 0.15) is 0 Å². The van der Waals surface area contributed by atoms with Crippen LogP contribution in [0.15, 0.2) is 30.3 Å². The fourth-order valence-corrected chi connectivity index (χ4v) is 2.03. The van der Waals surface area contributed by atoms with Gasteiger partial charge in [0.2, 0.25) is 0 Å². The lowest BCUT2D eigenvalue weighted by Crippen LogP contribution is -2.41. The van der Waals surface area contributed by atoms with Crippen molar-refractivity contribution in [2.75, 3.05) is 7.11 Å². The highest BCUT2D eigenvalue weighted by Crippen LogP contribution is 2.48. The van der Waals surface area contributed by atoms with Crippen LogP contribution in [0.1, 0.15) is 17.9 Å². The lowest BCUT2D eigenvalue weighted by molar-refractivity contribution is -0.290. The standard InChI is InChI=1S/C13H12F6O2/c1-21-10(20)7-9(8-5-3-2-4-6-8)11(12(14,15)16)13(17,18)19/h2-6,9,11H,7H2,1H3. The maximum atomic E-state index is 12.8. The number of methoxy groups -OCH3 is 1. The van der Waals surface area contributed by atoms with E-state index in [1.165, 1.54) is 18.2 Å². The van der Waals surface area contributed by atoms with Crippen LogP contribution in [0.5, 0.6) is 0 Å². The summed E-state index contributed by atoms with van der Waals surface area (Å²) in [4.78, 5) is 11.2. The highest BCUT2D eigenvalue weighted by molar-refractivity contribution is 5.70. The smallest absolute Gasteiger partial charge is 0.401 e. The molecule has 1 aromatic rings. The van der Waals surface area contributed by atoms with Crippen molar-refractivity contribution in [1.82, 2.24) is 0 Å². The molecular weight excluding hydrogens is 302 g/mol. The normalized spacial score (nSPS) is 14.1. The maximum absolute atomic E-state index is 12.8. The first kappa shape index (κ1) is 17.3. The van der Waals surface area contributed by atoms with Crippen molar-refractivity contribution >= 4 is 5.97 Å². The van der Waals surface area contributed by atoms with Crippen molar-refractivity contribution in [3.63, 3.8) is 0 Å². The van der Waals surface area contributed by atoms with Crippen LogP contribution in [-0.4, -0.2) is 25.4 Å². The van der Waals surface area contributed by atoms with Gasteiger partial charge in [0, 0.05) is 5.92 Å². The van der Waals surface area contributed by atoms with E-state index in [0.29, 0.717) is 0 Å². The highest BCUT2D eigenvalue weighted by atomic mass is 19.4. The number of hydrogen-bond acceptors (Lipinski definition) is 2. The number of halogens is 6. The fourth-order valence-electron chi connectivity index (χ4n) is 2.03. The second-order valence-electron chi connectivity index (χ2n) is 4.36. The van der Waals surface area contributed by atoms with Crippen LogP contribution < -0.4 is 0 Å². The van der Waals surface area contributed by atoms with Crippen LogP contribution in [-0.2, 0) is 9.53 Å². The van der Waals surface area contributed by atoms with Gasteiger partial charge in [0.15, 0.2) is 5.92 Å². The summed E-state index contributed by atoms with van der Waals surface area (Å²) in [5.41, 5.74) is -0.220. The quantitative estimate of drug-likeness (QED) is 0.618. The third-order valence-electron chi connectivity index (χ3n) is 2.95. The van der Waals surface area contributed by atoms with Gasteiger partial charge < -0.3 is 4.74 Å². The molecule has 0 aromatic heterocycles. The SMILES string of the molecule is COC(=O)CC(c1ccccc1)C(C(F)(F)F)C(F)(F)F. The Morgan fingerprint density at radius 3 is 1.90 bits per heavy atom. The summed E-state index contributed by atoms with van der Waals surface area (Å²) in [5, 5.41) is 0. The summed E-state index contributed by atoms with van der Waals surface area (Å²) in [6.07, 6.45) is -12.1. The number of alkyl halides is 6. The fraction of sp³-hybridized carbons (Fsp3) is 0.462. The third kappa shape index (κ3) is 4.64. The van der Waals surface area contributed by atoms with Crippen molar-refractivity contribution in [1.29, 1.82) is 0 Å². The average molecular weight is 314 g/mol. The highest BCUT2D eigenvalue weighted by Gasteiger charge is 2.60. The van der Waals surface area contributed by atoms with E-state index in [1.54, 1.807) is 0 Å². The Morgan fingerprint density at radius 2 is 1.52 bits per heavy atom. The Labute approximate surface area is 116 Å². The van der Waals surface area contributed by atoms with E-state index in [1.807, 2.05) is 0 Å². The summed E-state index contributed by atoms with van der Waals surface area (Å²) in [5.74, 6) is -6.85. The first-order valence-electron chi connectivity index (χ1n) is 5.82. The molecule has 1 rings (SSSR count). The predicted octanol–water partition coefficient (Wildman–Crippen LogP) is 4.07. The van der Waals surface area contributed by atoms with Crippen LogP contribution >= 0.6 is 0 Å². The monoisotopic (exact) mass is 314 g/mol. The summed E-state index contributed by atoms with van der Waals surface area (Å²) < 4.78 is 81.2. The lowest BCUT2D eigenvalue weighted by Gasteiger charge is -2.30. The second kappa shape index (κ2) is 6.36. The molecule has 0 saturated carbocycles. The van der Waals surface area contributed by atoms with Crippen molar-refractivity contribution in [2.24, 2.45) is 5.92 Å². The van der Waals surface area contributed by atoms with Crippen molar-refractivity contribution < 1.29 is 35.9 Å². The molecule has 0 amide bonds. The first-order valence-corrected chi connectivity index (χ1v) is 5.82. The molecule has 1 atom stereocenters. The molecule has 8 heteroatoms. The van der Waals surface area contributed by atoms with E-state index in [4.69, 9.17) is 0 Å². The van der Waals surface area contributed by atoms with E-state index in [2.05, 4.69) is 4.74 Å².